The standard InChI is InChI=1S/C22H18ClN3O3/c1-12-8-9-14(10-18(12)23)26-21(28)17(20(27)24-22(26)29)11-16-13(2)25(3)19-7-5-4-6-15(16)19/h4-11H,1-3H3,(H,24,27,29)/b17-11-. The lowest BCUT2D eigenvalue weighted by atomic mass is 10.0. The largest absolute Gasteiger partial charge is 0.347 e. The number of barbiturate groups is 1. The molecule has 3 aromatic rings. The Bertz CT molecular complexity index is 1240. The van der Waals surface area contributed by atoms with Crippen molar-refractivity contribution in [1.82, 2.24) is 9.88 Å². The maximum absolute atomic E-state index is 13.1. The fraction of sp³-hybridized carbons (Fsp3) is 0.136. The topological polar surface area (TPSA) is 71.4 Å². The fourth-order valence-corrected chi connectivity index (χ4v) is 3.66. The van der Waals surface area contributed by atoms with Gasteiger partial charge in [0.2, 0.25) is 0 Å². The number of aryl methyl sites for hydroxylation is 2. The number of fused-ring (bicyclic) bond motifs is 1. The van der Waals surface area contributed by atoms with E-state index in [0.29, 0.717) is 10.7 Å². The van der Waals surface area contributed by atoms with Crippen LogP contribution in [-0.4, -0.2) is 22.4 Å². The van der Waals surface area contributed by atoms with Gasteiger partial charge in [0.25, 0.3) is 11.8 Å². The van der Waals surface area contributed by atoms with Crippen LogP contribution in [0.15, 0.2) is 48.0 Å². The third-order valence-corrected chi connectivity index (χ3v) is 5.66. The second-order valence-corrected chi connectivity index (χ2v) is 7.37. The molecule has 1 saturated heterocycles. The van der Waals surface area contributed by atoms with Gasteiger partial charge in [-0.05, 0) is 43.7 Å². The summed E-state index contributed by atoms with van der Waals surface area (Å²) in [4.78, 5) is 38.9. The van der Waals surface area contributed by atoms with E-state index in [1.807, 2.05) is 49.7 Å². The van der Waals surface area contributed by atoms with E-state index >= 15 is 0 Å². The Morgan fingerprint density at radius 2 is 1.76 bits per heavy atom. The molecule has 29 heavy (non-hydrogen) atoms. The smallest absolute Gasteiger partial charge is 0.335 e. The van der Waals surface area contributed by atoms with Crippen LogP contribution in [0.4, 0.5) is 10.5 Å². The van der Waals surface area contributed by atoms with Crippen LogP contribution >= 0.6 is 11.6 Å². The molecule has 1 N–H and O–H groups in total. The summed E-state index contributed by atoms with van der Waals surface area (Å²) in [5.41, 5.74) is 3.66. The Kier molecular flexibility index (Phi) is 4.51. The number of carbonyl (C=O) groups is 3. The minimum atomic E-state index is -0.799. The first-order chi connectivity index (χ1) is 13.8. The molecule has 6 nitrogen and oxygen atoms in total. The van der Waals surface area contributed by atoms with Crippen LogP contribution in [0.1, 0.15) is 16.8 Å². The zero-order chi connectivity index (χ0) is 20.9. The van der Waals surface area contributed by atoms with Gasteiger partial charge in [0.1, 0.15) is 5.57 Å². The van der Waals surface area contributed by atoms with E-state index in [4.69, 9.17) is 11.6 Å². The Balaban J connectivity index is 1.85. The Morgan fingerprint density at radius 1 is 1.03 bits per heavy atom. The van der Waals surface area contributed by atoms with Gasteiger partial charge in [-0.25, -0.2) is 9.69 Å². The molecule has 0 atom stereocenters. The molecule has 7 heteroatoms. The number of nitrogens with one attached hydrogen (secondary N) is 1. The lowest BCUT2D eigenvalue weighted by Crippen LogP contribution is -2.54. The normalized spacial score (nSPS) is 16.1. The Labute approximate surface area is 172 Å². The van der Waals surface area contributed by atoms with E-state index in [0.717, 1.165) is 32.6 Å². The van der Waals surface area contributed by atoms with Crippen molar-refractivity contribution >= 4 is 52.1 Å². The number of anilines is 1. The number of benzene rings is 2. The predicted octanol–water partition coefficient (Wildman–Crippen LogP) is 4.11. The van der Waals surface area contributed by atoms with Crippen molar-refractivity contribution in [2.24, 2.45) is 7.05 Å². The highest BCUT2D eigenvalue weighted by Gasteiger charge is 2.37. The molecule has 1 aliphatic rings. The van der Waals surface area contributed by atoms with Crippen LogP contribution in [0.25, 0.3) is 17.0 Å². The summed E-state index contributed by atoms with van der Waals surface area (Å²) < 4.78 is 2.00. The van der Waals surface area contributed by atoms with E-state index in [1.165, 1.54) is 6.07 Å². The van der Waals surface area contributed by atoms with E-state index in [2.05, 4.69) is 5.32 Å². The van der Waals surface area contributed by atoms with Gasteiger partial charge >= 0.3 is 6.03 Å². The summed E-state index contributed by atoms with van der Waals surface area (Å²) in [6.07, 6.45) is 1.55. The summed E-state index contributed by atoms with van der Waals surface area (Å²) in [6, 6.07) is 11.8. The van der Waals surface area contributed by atoms with Crippen molar-refractivity contribution in [2.75, 3.05) is 4.90 Å². The van der Waals surface area contributed by atoms with E-state index < -0.39 is 17.8 Å². The van der Waals surface area contributed by atoms with Gasteiger partial charge in [0, 0.05) is 34.2 Å². The van der Waals surface area contributed by atoms with Crippen molar-refractivity contribution in [2.45, 2.75) is 13.8 Å². The van der Waals surface area contributed by atoms with Crippen molar-refractivity contribution in [3.8, 4) is 0 Å². The average Bonchev–Trinajstić information content (AvgIpc) is 2.92. The molecule has 0 aliphatic carbocycles. The number of urea groups is 1. The SMILES string of the molecule is Cc1ccc(N2C(=O)NC(=O)/C(=C/c3c(C)n(C)c4ccccc34)C2=O)cc1Cl. The lowest BCUT2D eigenvalue weighted by molar-refractivity contribution is -0.122. The second kappa shape index (κ2) is 6.90. The molecule has 146 valence electrons. The van der Waals surface area contributed by atoms with Gasteiger partial charge in [-0.15, -0.1) is 0 Å². The molecule has 1 fully saturated rings. The highest BCUT2D eigenvalue weighted by Crippen LogP contribution is 2.30. The van der Waals surface area contributed by atoms with E-state index in [9.17, 15) is 14.4 Å². The number of aromatic nitrogens is 1. The molecule has 0 bridgehead atoms. The molecule has 0 radical (unpaired) electrons. The summed E-state index contributed by atoms with van der Waals surface area (Å²) in [5, 5.41) is 3.59. The van der Waals surface area contributed by atoms with Gasteiger partial charge < -0.3 is 4.57 Å². The third kappa shape index (κ3) is 3.02. The van der Waals surface area contributed by atoms with Crippen molar-refractivity contribution in [3.63, 3.8) is 0 Å². The summed E-state index contributed by atoms with van der Waals surface area (Å²) in [6.45, 7) is 3.74. The summed E-state index contributed by atoms with van der Waals surface area (Å²) in [7, 11) is 1.92. The molecule has 4 amide bonds. The van der Waals surface area contributed by atoms with Gasteiger partial charge in [0.15, 0.2) is 0 Å². The number of imide groups is 2. The summed E-state index contributed by atoms with van der Waals surface area (Å²) >= 11 is 6.16. The predicted molar refractivity (Wildman–Crippen MR) is 113 cm³/mol. The van der Waals surface area contributed by atoms with Crippen LogP contribution in [0.3, 0.4) is 0 Å². The number of hydrogen-bond acceptors (Lipinski definition) is 3. The van der Waals surface area contributed by atoms with Crippen LogP contribution in [-0.2, 0) is 16.6 Å². The molecule has 2 heterocycles. The first kappa shape index (κ1) is 19.0. The zero-order valence-corrected chi connectivity index (χ0v) is 16.9. The highest BCUT2D eigenvalue weighted by atomic mass is 35.5. The molecule has 0 unspecified atom stereocenters. The minimum absolute atomic E-state index is 0.110. The fourth-order valence-electron chi connectivity index (χ4n) is 3.49. The van der Waals surface area contributed by atoms with E-state index in [1.54, 1.807) is 18.2 Å². The minimum Gasteiger partial charge on any atom is -0.347 e. The summed E-state index contributed by atoms with van der Waals surface area (Å²) in [5.74, 6) is -1.41. The van der Waals surface area contributed by atoms with Crippen molar-refractivity contribution in [3.05, 3.63) is 69.9 Å². The molecular formula is C22H18ClN3O3. The van der Waals surface area contributed by atoms with Crippen molar-refractivity contribution in [1.29, 1.82) is 0 Å². The first-order valence-electron chi connectivity index (χ1n) is 9.01. The first-order valence-corrected chi connectivity index (χ1v) is 9.39. The number of hydrogen-bond donors (Lipinski definition) is 1. The molecule has 1 aromatic heterocycles. The molecule has 2 aromatic carbocycles. The van der Waals surface area contributed by atoms with Crippen molar-refractivity contribution < 1.29 is 14.4 Å². The molecular weight excluding hydrogens is 390 g/mol. The lowest BCUT2D eigenvalue weighted by Gasteiger charge is -2.26. The molecule has 4 rings (SSSR count). The molecule has 0 spiro atoms. The zero-order valence-electron chi connectivity index (χ0n) is 16.1. The maximum atomic E-state index is 13.1. The van der Waals surface area contributed by atoms with Gasteiger partial charge in [-0.2, -0.15) is 0 Å². The third-order valence-electron chi connectivity index (χ3n) is 5.25. The highest BCUT2D eigenvalue weighted by molar-refractivity contribution is 6.39. The van der Waals surface area contributed by atoms with Crippen LogP contribution in [0.2, 0.25) is 5.02 Å². The number of nitrogens with zero attached hydrogens (tertiary/aromatic N) is 2. The van der Waals surface area contributed by atoms with Gasteiger partial charge in [0.05, 0.1) is 5.69 Å². The second-order valence-electron chi connectivity index (χ2n) is 6.97. The maximum Gasteiger partial charge on any atom is 0.335 e. The number of amides is 4. The Hall–Kier alpha value is -3.38. The quantitative estimate of drug-likeness (QED) is 0.513. The average molecular weight is 408 g/mol. The van der Waals surface area contributed by atoms with Crippen LogP contribution in [0.5, 0.6) is 0 Å². The number of carbonyl (C=O) groups excluding carboxylic acids is 3. The number of rotatable bonds is 2. The van der Waals surface area contributed by atoms with Crippen LogP contribution < -0.4 is 10.2 Å². The number of para-hydroxylation sites is 1. The molecule has 0 saturated carbocycles. The number of halogens is 1. The molecule has 1 aliphatic heterocycles. The van der Waals surface area contributed by atoms with Crippen LogP contribution in [0, 0.1) is 13.8 Å². The Morgan fingerprint density at radius 3 is 2.48 bits per heavy atom. The van der Waals surface area contributed by atoms with Gasteiger partial charge in [-0.3, -0.25) is 14.9 Å². The monoisotopic (exact) mass is 407 g/mol. The van der Waals surface area contributed by atoms with Gasteiger partial charge in [-0.1, -0.05) is 35.9 Å². The van der Waals surface area contributed by atoms with E-state index in [-0.39, 0.29) is 5.57 Å².